The summed E-state index contributed by atoms with van der Waals surface area (Å²) in [6.45, 7) is 5.16. The SMILES string of the molecule is O=C([C@@H]1[C@@H]2C=C[C@@]3(CN(CCN4CCCCC4)C(=O)[C@H]13)O2)N1CC(O)C1. The molecule has 0 aromatic rings. The van der Waals surface area contributed by atoms with E-state index in [0.29, 0.717) is 26.2 Å². The highest BCUT2D eigenvalue weighted by Crippen LogP contribution is 2.52. The smallest absolute Gasteiger partial charge is 0.230 e. The predicted octanol–water partition coefficient (Wildman–Crippen LogP) is -0.543. The van der Waals surface area contributed by atoms with Gasteiger partial charge in [0.05, 0.1) is 30.6 Å². The van der Waals surface area contributed by atoms with E-state index in [0.717, 1.165) is 19.6 Å². The maximum atomic E-state index is 13.1. The number of amides is 2. The molecule has 26 heavy (non-hydrogen) atoms. The second-order valence-corrected chi connectivity index (χ2v) is 8.46. The van der Waals surface area contributed by atoms with E-state index < -0.39 is 23.5 Å². The van der Waals surface area contributed by atoms with E-state index >= 15 is 0 Å². The molecule has 4 atom stereocenters. The van der Waals surface area contributed by atoms with Crippen molar-refractivity contribution in [1.29, 1.82) is 0 Å². The summed E-state index contributed by atoms with van der Waals surface area (Å²) >= 11 is 0. The number of aliphatic hydroxyl groups is 1. The molecule has 5 aliphatic heterocycles. The second-order valence-electron chi connectivity index (χ2n) is 8.46. The highest BCUT2D eigenvalue weighted by atomic mass is 16.5. The van der Waals surface area contributed by atoms with Gasteiger partial charge in [0.25, 0.3) is 0 Å². The third kappa shape index (κ3) is 2.44. The largest absolute Gasteiger partial charge is 0.389 e. The molecule has 2 amide bonds. The lowest BCUT2D eigenvalue weighted by atomic mass is 9.76. The molecule has 0 aliphatic carbocycles. The van der Waals surface area contributed by atoms with Gasteiger partial charge in [-0.05, 0) is 25.9 Å². The molecule has 7 nitrogen and oxygen atoms in total. The van der Waals surface area contributed by atoms with Crippen LogP contribution in [0.5, 0.6) is 0 Å². The van der Waals surface area contributed by atoms with Crippen molar-refractivity contribution < 1.29 is 19.4 Å². The Balaban J connectivity index is 1.28. The van der Waals surface area contributed by atoms with Gasteiger partial charge in [0, 0.05) is 26.2 Å². The quantitative estimate of drug-likeness (QED) is 0.681. The van der Waals surface area contributed by atoms with Crippen LogP contribution in [0.4, 0.5) is 0 Å². The minimum absolute atomic E-state index is 0.0391. The number of hydrogen-bond donors (Lipinski definition) is 1. The predicted molar refractivity (Wildman–Crippen MR) is 93.2 cm³/mol. The van der Waals surface area contributed by atoms with Crippen molar-refractivity contribution in [3.8, 4) is 0 Å². The lowest BCUT2D eigenvalue weighted by molar-refractivity contribution is -0.151. The number of carbonyl (C=O) groups is 2. The maximum absolute atomic E-state index is 13.1. The Kier molecular flexibility index (Phi) is 3.88. The fourth-order valence-corrected chi connectivity index (χ4v) is 5.34. The molecule has 4 saturated heterocycles. The first-order chi connectivity index (χ1) is 12.6. The topological polar surface area (TPSA) is 73.3 Å². The van der Waals surface area contributed by atoms with Crippen molar-refractivity contribution in [3.05, 3.63) is 12.2 Å². The van der Waals surface area contributed by atoms with Gasteiger partial charge in [-0.2, -0.15) is 0 Å². The molecular weight excluding hydrogens is 334 g/mol. The third-order valence-corrected chi connectivity index (χ3v) is 6.77. The zero-order chi connectivity index (χ0) is 17.9. The third-order valence-electron chi connectivity index (χ3n) is 6.77. The summed E-state index contributed by atoms with van der Waals surface area (Å²) in [4.78, 5) is 32.0. The monoisotopic (exact) mass is 361 g/mol. The van der Waals surface area contributed by atoms with Gasteiger partial charge in [0.1, 0.15) is 5.60 Å². The highest BCUT2D eigenvalue weighted by Gasteiger charge is 2.67. The summed E-state index contributed by atoms with van der Waals surface area (Å²) in [5, 5.41) is 9.50. The van der Waals surface area contributed by atoms with Crippen LogP contribution in [0.3, 0.4) is 0 Å². The summed E-state index contributed by atoms with van der Waals surface area (Å²) < 4.78 is 6.16. The fourth-order valence-electron chi connectivity index (χ4n) is 5.34. The average Bonchev–Trinajstić information content (AvgIpc) is 3.26. The molecule has 4 fully saturated rings. The van der Waals surface area contributed by atoms with Gasteiger partial charge in [-0.3, -0.25) is 9.59 Å². The van der Waals surface area contributed by atoms with E-state index in [4.69, 9.17) is 4.74 Å². The van der Waals surface area contributed by atoms with E-state index in [1.54, 1.807) is 4.90 Å². The number of likely N-dealkylation sites (tertiary alicyclic amines) is 3. The first-order valence-corrected chi connectivity index (χ1v) is 9.93. The van der Waals surface area contributed by atoms with Crippen molar-refractivity contribution in [2.75, 3.05) is 45.8 Å². The van der Waals surface area contributed by atoms with Crippen LogP contribution in [-0.2, 0) is 14.3 Å². The Labute approximate surface area is 153 Å². The van der Waals surface area contributed by atoms with Crippen LogP contribution >= 0.6 is 0 Å². The van der Waals surface area contributed by atoms with E-state index in [-0.39, 0.29) is 17.9 Å². The molecule has 142 valence electrons. The standard InChI is InChI=1S/C19H27N3O4/c23-13-10-22(11-13)17(24)15-14-4-5-19(26-14)12-21(18(25)16(15)19)9-8-20-6-2-1-3-7-20/h4-5,13-16,23H,1-3,6-12H2/t14-,15+,16-,19-/m0/s1. The number of carbonyl (C=O) groups excluding carboxylic acids is 2. The van der Waals surface area contributed by atoms with Crippen molar-refractivity contribution in [2.24, 2.45) is 11.8 Å². The summed E-state index contributed by atoms with van der Waals surface area (Å²) in [5.74, 6) is -0.805. The van der Waals surface area contributed by atoms with Crippen LogP contribution in [0.25, 0.3) is 0 Å². The van der Waals surface area contributed by atoms with Crippen molar-refractivity contribution in [3.63, 3.8) is 0 Å². The van der Waals surface area contributed by atoms with Gasteiger partial charge in [-0.15, -0.1) is 0 Å². The Bertz CT molecular complexity index is 641. The number of aliphatic hydroxyl groups excluding tert-OH is 1. The van der Waals surface area contributed by atoms with Gasteiger partial charge < -0.3 is 24.5 Å². The molecule has 2 bridgehead atoms. The van der Waals surface area contributed by atoms with Gasteiger partial charge in [-0.1, -0.05) is 18.6 Å². The first kappa shape index (κ1) is 16.7. The number of hydrogen-bond acceptors (Lipinski definition) is 5. The van der Waals surface area contributed by atoms with E-state index in [1.807, 2.05) is 17.1 Å². The molecule has 0 radical (unpaired) electrons. The zero-order valence-electron chi connectivity index (χ0n) is 15.0. The van der Waals surface area contributed by atoms with Crippen molar-refractivity contribution in [1.82, 2.24) is 14.7 Å². The Morgan fingerprint density at radius 1 is 1.23 bits per heavy atom. The Morgan fingerprint density at radius 2 is 2.00 bits per heavy atom. The molecule has 5 heterocycles. The zero-order valence-corrected chi connectivity index (χ0v) is 15.0. The lowest BCUT2D eigenvalue weighted by Gasteiger charge is -2.39. The van der Waals surface area contributed by atoms with Crippen LogP contribution in [0.1, 0.15) is 19.3 Å². The molecular formula is C19H27N3O4. The second kappa shape index (κ2) is 6.04. The van der Waals surface area contributed by atoms with E-state index in [9.17, 15) is 14.7 Å². The molecule has 5 rings (SSSR count). The molecule has 5 aliphatic rings. The Morgan fingerprint density at radius 3 is 2.73 bits per heavy atom. The van der Waals surface area contributed by atoms with E-state index in [2.05, 4.69) is 4.90 Å². The van der Waals surface area contributed by atoms with Crippen molar-refractivity contribution >= 4 is 11.8 Å². The highest BCUT2D eigenvalue weighted by molar-refractivity contribution is 5.93. The number of ether oxygens (including phenoxy) is 1. The van der Waals surface area contributed by atoms with Crippen LogP contribution in [-0.4, -0.2) is 95.2 Å². The number of β-amino-alcohol motifs (C(OH)–C–C–N with tert-alkyl or cyclic N) is 1. The number of piperidine rings is 1. The molecule has 1 spiro atoms. The van der Waals surface area contributed by atoms with Crippen LogP contribution < -0.4 is 0 Å². The number of fused-ring (bicyclic) bond motifs is 1. The van der Waals surface area contributed by atoms with Crippen LogP contribution in [0.15, 0.2) is 12.2 Å². The number of nitrogens with zero attached hydrogens (tertiary/aromatic N) is 3. The summed E-state index contributed by atoms with van der Waals surface area (Å²) in [6, 6.07) is 0. The normalized spacial score (nSPS) is 39.6. The molecule has 0 saturated carbocycles. The summed E-state index contributed by atoms with van der Waals surface area (Å²) in [6.07, 6.45) is 7.03. The van der Waals surface area contributed by atoms with Gasteiger partial charge >= 0.3 is 0 Å². The molecule has 7 heteroatoms. The van der Waals surface area contributed by atoms with Crippen LogP contribution in [0.2, 0.25) is 0 Å². The minimum atomic E-state index is -0.618. The molecule has 0 aromatic heterocycles. The van der Waals surface area contributed by atoms with Crippen LogP contribution in [0, 0.1) is 11.8 Å². The number of rotatable bonds is 4. The summed E-state index contributed by atoms with van der Waals surface area (Å²) in [7, 11) is 0. The minimum Gasteiger partial charge on any atom is -0.389 e. The van der Waals surface area contributed by atoms with Gasteiger partial charge in [0.2, 0.25) is 11.8 Å². The van der Waals surface area contributed by atoms with Crippen molar-refractivity contribution in [2.45, 2.75) is 37.1 Å². The Hall–Kier alpha value is -1.44. The molecule has 0 unspecified atom stereocenters. The molecule has 1 N–H and O–H groups in total. The maximum Gasteiger partial charge on any atom is 0.230 e. The first-order valence-electron chi connectivity index (χ1n) is 9.93. The average molecular weight is 361 g/mol. The fraction of sp³-hybridized carbons (Fsp3) is 0.789. The van der Waals surface area contributed by atoms with Gasteiger partial charge in [-0.25, -0.2) is 0 Å². The van der Waals surface area contributed by atoms with Gasteiger partial charge in [0.15, 0.2) is 0 Å². The lowest BCUT2D eigenvalue weighted by Crippen LogP contribution is -2.57. The van der Waals surface area contributed by atoms with E-state index in [1.165, 1.54) is 19.3 Å². The molecule has 0 aromatic carbocycles. The summed E-state index contributed by atoms with van der Waals surface area (Å²) in [5.41, 5.74) is -0.618.